The molecule has 1 unspecified atom stereocenters. The molecule has 0 amide bonds. The first-order valence-corrected chi connectivity index (χ1v) is 8.07. The minimum atomic E-state index is 0.280. The first-order chi connectivity index (χ1) is 10.2. The Morgan fingerprint density at radius 1 is 0.762 bits per heavy atom. The summed E-state index contributed by atoms with van der Waals surface area (Å²) in [5.41, 5.74) is 5.47. The van der Waals surface area contributed by atoms with E-state index >= 15 is 0 Å². The first-order valence-electron chi connectivity index (χ1n) is 8.07. The van der Waals surface area contributed by atoms with Crippen LogP contribution < -0.4 is 5.32 Å². The molecule has 0 aliphatic carbocycles. The topological polar surface area (TPSA) is 12.0 Å². The molecule has 0 fully saturated rings. The van der Waals surface area contributed by atoms with Gasteiger partial charge in [-0.2, -0.15) is 0 Å². The largest absolute Gasteiger partial charge is 0.307 e. The van der Waals surface area contributed by atoms with Gasteiger partial charge in [0.2, 0.25) is 0 Å². The Morgan fingerprint density at radius 2 is 1.24 bits per heavy atom. The van der Waals surface area contributed by atoms with Crippen molar-refractivity contribution >= 4 is 0 Å². The summed E-state index contributed by atoms with van der Waals surface area (Å²) in [7, 11) is 0. The molecule has 0 heterocycles. The molecule has 0 bridgehead atoms. The number of hydrogen-bond acceptors (Lipinski definition) is 1. The van der Waals surface area contributed by atoms with Crippen LogP contribution in [0.3, 0.4) is 0 Å². The van der Waals surface area contributed by atoms with Gasteiger partial charge in [-0.05, 0) is 41.1 Å². The number of benzene rings is 2. The van der Waals surface area contributed by atoms with E-state index < -0.39 is 0 Å². The highest BCUT2D eigenvalue weighted by molar-refractivity contribution is 5.35. The summed E-state index contributed by atoms with van der Waals surface area (Å²) < 4.78 is 0. The highest BCUT2D eigenvalue weighted by atomic mass is 14.9. The highest BCUT2D eigenvalue weighted by Gasteiger charge is 2.13. The minimum absolute atomic E-state index is 0.280. The van der Waals surface area contributed by atoms with Gasteiger partial charge in [0, 0.05) is 0 Å². The summed E-state index contributed by atoms with van der Waals surface area (Å²) in [5, 5.41) is 3.60. The number of nitrogens with one attached hydrogen (secondary N) is 1. The fraction of sp³-hybridized carbons (Fsp3) is 0.400. The average molecular weight is 281 g/mol. The summed E-state index contributed by atoms with van der Waals surface area (Å²) in [6, 6.07) is 18.3. The van der Waals surface area contributed by atoms with E-state index in [0.717, 1.165) is 13.0 Å². The van der Waals surface area contributed by atoms with Crippen LogP contribution in [0.5, 0.6) is 0 Å². The van der Waals surface area contributed by atoms with E-state index in [1.807, 2.05) is 0 Å². The van der Waals surface area contributed by atoms with Crippen LogP contribution in [0.4, 0.5) is 0 Å². The predicted octanol–water partition coefficient (Wildman–Crippen LogP) is 5.07. The molecule has 0 saturated heterocycles. The lowest BCUT2D eigenvalue weighted by atomic mass is 9.94. The standard InChI is InChI=1S/C20H27N/c1-5-16-7-9-18(10-8-16)20(21-6-2)19-13-11-17(12-14-19)15(3)4/h7-15,20-21H,5-6H2,1-4H3. The van der Waals surface area contributed by atoms with Gasteiger partial charge in [0.05, 0.1) is 6.04 Å². The molecule has 2 rings (SSSR count). The van der Waals surface area contributed by atoms with Crippen LogP contribution in [-0.2, 0) is 6.42 Å². The van der Waals surface area contributed by atoms with Crippen molar-refractivity contribution in [2.45, 2.75) is 46.1 Å². The van der Waals surface area contributed by atoms with Crippen LogP contribution in [0.2, 0.25) is 0 Å². The highest BCUT2D eigenvalue weighted by Crippen LogP contribution is 2.24. The van der Waals surface area contributed by atoms with Crippen molar-refractivity contribution in [2.75, 3.05) is 6.54 Å². The summed E-state index contributed by atoms with van der Waals surface area (Å²) in [4.78, 5) is 0. The van der Waals surface area contributed by atoms with E-state index in [1.165, 1.54) is 22.3 Å². The Bertz CT molecular complexity index is 537. The molecule has 0 radical (unpaired) electrons. The van der Waals surface area contributed by atoms with Gasteiger partial charge < -0.3 is 5.32 Å². The molecule has 0 aliphatic heterocycles. The van der Waals surface area contributed by atoms with Crippen LogP contribution in [-0.4, -0.2) is 6.54 Å². The van der Waals surface area contributed by atoms with Crippen LogP contribution in [0.15, 0.2) is 48.5 Å². The molecule has 21 heavy (non-hydrogen) atoms. The predicted molar refractivity (Wildman–Crippen MR) is 91.9 cm³/mol. The van der Waals surface area contributed by atoms with Crippen LogP contribution in [0, 0.1) is 0 Å². The summed E-state index contributed by atoms with van der Waals surface area (Å²) >= 11 is 0. The van der Waals surface area contributed by atoms with Gasteiger partial charge in [0.15, 0.2) is 0 Å². The zero-order valence-corrected chi connectivity index (χ0v) is 13.7. The van der Waals surface area contributed by atoms with Crippen molar-refractivity contribution in [2.24, 2.45) is 0 Å². The molecule has 1 N–H and O–H groups in total. The lowest BCUT2D eigenvalue weighted by molar-refractivity contribution is 0.630. The maximum atomic E-state index is 3.60. The Hall–Kier alpha value is -1.60. The van der Waals surface area contributed by atoms with Crippen molar-refractivity contribution in [1.29, 1.82) is 0 Å². The Labute approximate surface area is 129 Å². The van der Waals surface area contributed by atoms with Gasteiger partial charge in [0.25, 0.3) is 0 Å². The SMILES string of the molecule is CCNC(c1ccc(CC)cc1)c1ccc(C(C)C)cc1. The van der Waals surface area contributed by atoms with Gasteiger partial charge in [-0.25, -0.2) is 0 Å². The molecule has 1 atom stereocenters. The monoisotopic (exact) mass is 281 g/mol. The van der Waals surface area contributed by atoms with Crippen molar-refractivity contribution in [3.63, 3.8) is 0 Å². The van der Waals surface area contributed by atoms with Gasteiger partial charge in [0.1, 0.15) is 0 Å². The second kappa shape index (κ2) is 7.42. The number of aryl methyl sites for hydroxylation is 1. The number of hydrogen-bond donors (Lipinski definition) is 1. The Morgan fingerprint density at radius 3 is 1.67 bits per heavy atom. The summed E-state index contributed by atoms with van der Waals surface area (Å²) in [6.07, 6.45) is 1.09. The lowest BCUT2D eigenvalue weighted by Gasteiger charge is -2.20. The van der Waals surface area contributed by atoms with Crippen LogP contribution in [0.25, 0.3) is 0 Å². The van der Waals surface area contributed by atoms with E-state index in [9.17, 15) is 0 Å². The van der Waals surface area contributed by atoms with Crippen molar-refractivity contribution in [3.8, 4) is 0 Å². The van der Waals surface area contributed by atoms with E-state index in [0.29, 0.717) is 5.92 Å². The van der Waals surface area contributed by atoms with Gasteiger partial charge in [-0.3, -0.25) is 0 Å². The normalized spacial score (nSPS) is 12.6. The molecule has 2 aromatic rings. The summed E-state index contributed by atoms with van der Waals surface area (Å²) in [5.74, 6) is 0.584. The fourth-order valence-corrected chi connectivity index (χ4v) is 2.65. The second-order valence-electron chi connectivity index (χ2n) is 5.91. The molecule has 2 aromatic carbocycles. The maximum absolute atomic E-state index is 3.60. The van der Waals surface area contributed by atoms with Crippen LogP contribution >= 0.6 is 0 Å². The van der Waals surface area contributed by atoms with E-state index in [1.54, 1.807) is 0 Å². The average Bonchev–Trinajstić information content (AvgIpc) is 2.53. The maximum Gasteiger partial charge on any atom is 0.0576 e. The van der Waals surface area contributed by atoms with E-state index in [-0.39, 0.29) is 6.04 Å². The zero-order chi connectivity index (χ0) is 15.2. The minimum Gasteiger partial charge on any atom is -0.307 e. The van der Waals surface area contributed by atoms with Crippen molar-refractivity contribution in [1.82, 2.24) is 5.32 Å². The van der Waals surface area contributed by atoms with Crippen LogP contribution in [0.1, 0.15) is 61.9 Å². The van der Waals surface area contributed by atoms with Gasteiger partial charge >= 0.3 is 0 Å². The van der Waals surface area contributed by atoms with Gasteiger partial charge in [-0.1, -0.05) is 76.2 Å². The van der Waals surface area contributed by atoms with Crippen molar-refractivity contribution in [3.05, 3.63) is 70.8 Å². The van der Waals surface area contributed by atoms with E-state index in [4.69, 9.17) is 0 Å². The molecular formula is C20H27N. The molecule has 0 aromatic heterocycles. The first kappa shape index (κ1) is 15.8. The third kappa shape index (κ3) is 3.95. The summed E-state index contributed by atoms with van der Waals surface area (Å²) in [6.45, 7) is 9.80. The molecule has 0 aliphatic rings. The molecule has 0 saturated carbocycles. The molecule has 1 nitrogen and oxygen atoms in total. The molecular weight excluding hydrogens is 254 g/mol. The second-order valence-corrected chi connectivity index (χ2v) is 5.91. The third-order valence-corrected chi connectivity index (χ3v) is 4.07. The molecule has 0 spiro atoms. The Balaban J connectivity index is 2.28. The molecule has 112 valence electrons. The Kier molecular flexibility index (Phi) is 5.58. The number of rotatable bonds is 6. The van der Waals surface area contributed by atoms with E-state index in [2.05, 4.69) is 81.5 Å². The van der Waals surface area contributed by atoms with Gasteiger partial charge in [-0.15, -0.1) is 0 Å². The third-order valence-electron chi connectivity index (χ3n) is 4.07. The quantitative estimate of drug-likeness (QED) is 0.779. The zero-order valence-electron chi connectivity index (χ0n) is 13.7. The van der Waals surface area contributed by atoms with Crippen molar-refractivity contribution < 1.29 is 0 Å². The molecule has 1 heteroatoms. The lowest BCUT2D eigenvalue weighted by Crippen LogP contribution is -2.22. The smallest absolute Gasteiger partial charge is 0.0576 e. The fourth-order valence-electron chi connectivity index (χ4n) is 2.65.